The molecule has 7 heteroatoms. The lowest BCUT2D eigenvalue weighted by Gasteiger charge is -2.14. The van der Waals surface area contributed by atoms with Crippen molar-refractivity contribution >= 4 is 41.2 Å². The number of nitrogens with one attached hydrogen (secondary N) is 1. The second kappa shape index (κ2) is 9.50. The number of carbonyl (C=O) groups excluding carboxylic acids is 1. The number of hydrogen-bond acceptors (Lipinski definition) is 5. The number of carbonyl (C=O) groups is 1. The molecular formula is C18H25N3OS3. The summed E-state index contributed by atoms with van der Waals surface area (Å²) in [5, 5.41) is 7.62. The van der Waals surface area contributed by atoms with Crippen molar-refractivity contribution in [3.8, 4) is 5.69 Å². The van der Waals surface area contributed by atoms with Gasteiger partial charge in [-0.1, -0.05) is 55.1 Å². The van der Waals surface area contributed by atoms with Crippen molar-refractivity contribution in [3.63, 3.8) is 0 Å². The highest BCUT2D eigenvalue weighted by Crippen LogP contribution is 2.25. The van der Waals surface area contributed by atoms with E-state index in [1.807, 2.05) is 31.2 Å². The van der Waals surface area contributed by atoms with Gasteiger partial charge < -0.3 is 5.32 Å². The molecule has 0 fully saturated rings. The Kier molecular flexibility index (Phi) is 7.65. The molecule has 1 aromatic heterocycles. The van der Waals surface area contributed by atoms with Crippen LogP contribution in [0.3, 0.4) is 0 Å². The topological polar surface area (TPSA) is 46.9 Å². The van der Waals surface area contributed by atoms with E-state index in [0.29, 0.717) is 15.6 Å². The van der Waals surface area contributed by atoms with Gasteiger partial charge in [0.2, 0.25) is 5.91 Å². The number of nitrogens with zero attached hydrogens (tertiary/aromatic N) is 2. The van der Waals surface area contributed by atoms with Crippen LogP contribution >= 0.6 is 35.3 Å². The van der Waals surface area contributed by atoms with E-state index < -0.39 is 0 Å². The molecule has 4 nitrogen and oxygen atoms in total. The summed E-state index contributed by atoms with van der Waals surface area (Å²) in [7, 11) is 0. The minimum Gasteiger partial charge on any atom is -0.353 e. The van der Waals surface area contributed by atoms with E-state index in [0.717, 1.165) is 28.4 Å². The number of thioether (sulfide) groups is 1. The van der Waals surface area contributed by atoms with Gasteiger partial charge in [-0.3, -0.25) is 4.79 Å². The van der Waals surface area contributed by atoms with Gasteiger partial charge in [0.05, 0.1) is 11.4 Å². The Morgan fingerprint density at radius 2 is 2.04 bits per heavy atom. The van der Waals surface area contributed by atoms with Crippen LogP contribution in [0, 0.1) is 16.8 Å². The van der Waals surface area contributed by atoms with E-state index in [1.54, 1.807) is 4.68 Å². The zero-order valence-corrected chi connectivity index (χ0v) is 17.6. The molecule has 2 aromatic rings. The monoisotopic (exact) mass is 395 g/mol. The summed E-state index contributed by atoms with van der Waals surface area (Å²) in [6.45, 7) is 8.49. The number of hydrogen-bond donors (Lipinski definition) is 1. The van der Waals surface area contributed by atoms with E-state index >= 15 is 0 Å². The van der Waals surface area contributed by atoms with Crippen LogP contribution in [-0.2, 0) is 4.79 Å². The van der Waals surface area contributed by atoms with Gasteiger partial charge >= 0.3 is 0 Å². The molecule has 0 bridgehead atoms. The maximum atomic E-state index is 12.1. The molecule has 0 aliphatic rings. The Labute approximate surface area is 163 Å². The second-order valence-corrected chi connectivity index (χ2v) is 9.41. The molecule has 1 atom stereocenters. The van der Waals surface area contributed by atoms with Gasteiger partial charge in [0.1, 0.15) is 0 Å². The number of aryl methyl sites for hydroxylation is 1. The first-order valence-electron chi connectivity index (χ1n) is 8.45. The van der Waals surface area contributed by atoms with Crippen molar-refractivity contribution in [2.45, 2.75) is 50.9 Å². The Morgan fingerprint density at radius 1 is 1.32 bits per heavy atom. The van der Waals surface area contributed by atoms with E-state index in [9.17, 15) is 4.79 Å². The van der Waals surface area contributed by atoms with Gasteiger partial charge in [-0.05, 0) is 56.5 Å². The molecule has 0 saturated carbocycles. The van der Waals surface area contributed by atoms with Crippen LogP contribution in [0.2, 0.25) is 0 Å². The van der Waals surface area contributed by atoms with Gasteiger partial charge in [0.15, 0.2) is 8.29 Å². The SMILES string of the molecule is Cc1ccccc1-n1nc(SCC(=O)N[C@H](C)CCC(C)C)sc1=S. The molecule has 1 N–H and O–H groups in total. The van der Waals surface area contributed by atoms with E-state index in [1.165, 1.54) is 23.1 Å². The number of aromatic nitrogens is 2. The smallest absolute Gasteiger partial charge is 0.230 e. The van der Waals surface area contributed by atoms with Crippen LogP contribution in [0.5, 0.6) is 0 Å². The summed E-state index contributed by atoms with van der Waals surface area (Å²) in [4.78, 5) is 12.1. The molecule has 0 aliphatic heterocycles. The highest BCUT2D eigenvalue weighted by Gasteiger charge is 2.12. The molecule has 25 heavy (non-hydrogen) atoms. The maximum absolute atomic E-state index is 12.1. The van der Waals surface area contributed by atoms with E-state index in [2.05, 4.69) is 31.2 Å². The van der Waals surface area contributed by atoms with Crippen LogP contribution < -0.4 is 5.32 Å². The predicted octanol–water partition coefficient (Wildman–Crippen LogP) is 5.00. The normalized spacial score (nSPS) is 12.4. The number of benzene rings is 1. The van der Waals surface area contributed by atoms with Gasteiger partial charge in [-0.15, -0.1) is 5.10 Å². The highest BCUT2D eigenvalue weighted by molar-refractivity contribution is 8.01. The standard InChI is InChI=1S/C18H25N3OS3/c1-12(2)9-10-14(4)19-16(22)11-24-17-20-21(18(23)25-17)15-8-6-5-7-13(15)3/h5-8,12,14H,9-11H2,1-4H3,(H,19,22)/t14-/m1/s1. The van der Waals surface area contributed by atoms with Crippen molar-refractivity contribution < 1.29 is 4.79 Å². The van der Waals surface area contributed by atoms with Gasteiger partial charge in [-0.25, -0.2) is 4.68 Å². The lowest BCUT2D eigenvalue weighted by molar-refractivity contribution is -0.119. The summed E-state index contributed by atoms with van der Waals surface area (Å²) < 4.78 is 3.29. The molecule has 1 aromatic carbocycles. The van der Waals surface area contributed by atoms with Crippen LogP contribution in [0.25, 0.3) is 5.69 Å². The molecule has 0 aliphatic carbocycles. The average molecular weight is 396 g/mol. The molecule has 0 unspecified atom stereocenters. The fraction of sp³-hybridized carbons (Fsp3) is 0.500. The van der Waals surface area contributed by atoms with Crippen molar-refractivity contribution in [1.29, 1.82) is 0 Å². The minimum absolute atomic E-state index is 0.0461. The summed E-state index contributed by atoms with van der Waals surface area (Å²) in [5.74, 6) is 1.07. The van der Waals surface area contributed by atoms with Crippen molar-refractivity contribution in [2.75, 3.05) is 5.75 Å². The lowest BCUT2D eigenvalue weighted by Crippen LogP contribution is -2.34. The first-order chi connectivity index (χ1) is 11.9. The largest absolute Gasteiger partial charge is 0.353 e. The summed E-state index contributed by atoms with van der Waals surface area (Å²) in [5.41, 5.74) is 2.11. The fourth-order valence-electron chi connectivity index (χ4n) is 2.37. The van der Waals surface area contributed by atoms with Crippen LogP contribution in [0.1, 0.15) is 39.2 Å². The Bertz CT molecular complexity index is 767. The van der Waals surface area contributed by atoms with Gasteiger partial charge in [-0.2, -0.15) is 0 Å². The van der Waals surface area contributed by atoms with E-state index in [4.69, 9.17) is 12.2 Å². The maximum Gasteiger partial charge on any atom is 0.230 e. The quantitative estimate of drug-likeness (QED) is 0.504. The van der Waals surface area contributed by atoms with Crippen molar-refractivity contribution in [2.24, 2.45) is 5.92 Å². The van der Waals surface area contributed by atoms with Crippen molar-refractivity contribution in [1.82, 2.24) is 15.1 Å². The molecule has 0 saturated heterocycles. The number of para-hydroxylation sites is 1. The summed E-state index contributed by atoms with van der Waals surface area (Å²) in [6.07, 6.45) is 2.13. The second-order valence-electron chi connectivity index (χ2n) is 6.56. The highest BCUT2D eigenvalue weighted by atomic mass is 32.2. The number of amides is 1. The number of rotatable bonds is 8. The van der Waals surface area contributed by atoms with E-state index in [-0.39, 0.29) is 11.9 Å². The molecule has 0 radical (unpaired) electrons. The molecule has 1 heterocycles. The summed E-state index contributed by atoms with van der Waals surface area (Å²) in [6, 6.07) is 8.22. The Morgan fingerprint density at radius 3 is 2.72 bits per heavy atom. The van der Waals surface area contributed by atoms with Crippen LogP contribution in [0.15, 0.2) is 28.6 Å². The fourth-order valence-corrected chi connectivity index (χ4v) is 4.53. The van der Waals surface area contributed by atoms with Gasteiger partial charge in [0.25, 0.3) is 0 Å². The third kappa shape index (κ3) is 6.24. The predicted molar refractivity (Wildman–Crippen MR) is 109 cm³/mol. The molecule has 1 amide bonds. The van der Waals surface area contributed by atoms with Crippen molar-refractivity contribution in [3.05, 3.63) is 33.8 Å². The molecule has 136 valence electrons. The third-order valence-electron chi connectivity index (χ3n) is 3.78. The van der Waals surface area contributed by atoms with Crippen LogP contribution in [0.4, 0.5) is 0 Å². The first kappa shape index (κ1) is 20.1. The molecule has 2 rings (SSSR count). The average Bonchev–Trinajstić information content (AvgIpc) is 2.92. The Balaban J connectivity index is 1.92. The third-order valence-corrected chi connectivity index (χ3v) is 6.15. The minimum atomic E-state index is 0.0461. The zero-order chi connectivity index (χ0) is 18.4. The lowest BCUT2D eigenvalue weighted by atomic mass is 10.0. The molecular weight excluding hydrogens is 370 g/mol. The first-order valence-corrected chi connectivity index (χ1v) is 10.7. The zero-order valence-electron chi connectivity index (χ0n) is 15.1. The summed E-state index contributed by atoms with van der Waals surface area (Å²) >= 11 is 8.31. The molecule has 0 spiro atoms. The van der Waals surface area contributed by atoms with Crippen LogP contribution in [-0.4, -0.2) is 27.5 Å². The van der Waals surface area contributed by atoms with Gasteiger partial charge in [0, 0.05) is 6.04 Å². The Hall–Kier alpha value is -1.18.